The summed E-state index contributed by atoms with van der Waals surface area (Å²) < 4.78 is 2.25. The van der Waals surface area contributed by atoms with Crippen LogP contribution in [0.1, 0.15) is 56.3 Å². The number of fused-ring (bicyclic) bond motifs is 1. The minimum atomic E-state index is 0.110. The summed E-state index contributed by atoms with van der Waals surface area (Å²) in [6.07, 6.45) is 8.53. The molecule has 1 saturated heterocycles. The van der Waals surface area contributed by atoms with Crippen molar-refractivity contribution >= 4 is 11.6 Å². The van der Waals surface area contributed by atoms with Gasteiger partial charge < -0.3 is 15.2 Å². The molecule has 28 heavy (non-hydrogen) atoms. The lowest BCUT2D eigenvalue weighted by atomic mass is 9.93. The molecule has 6 heteroatoms. The molecule has 4 rings (SSSR count). The van der Waals surface area contributed by atoms with Gasteiger partial charge in [-0.2, -0.15) is 0 Å². The molecule has 1 aromatic carbocycles. The highest BCUT2D eigenvalue weighted by Crippen LogP contribution is 2.27. The van der Waals surface area contributed by atoms with Crippen LogP contribution in [0.5, 0.6) is 0 Å². The van der Waals surface area contributed by atoms with E-state index >= 15 is 0 Å². The number of aryl methyl sites for hydroxylation is 2. The van der Waals surface area contributed by atoms with Gasteiger partial charge in [-0.1, -0.05) is 18.6 Å². The molecule has 1 fully saturated rings. The van der Waals surface area contributed by atoms with Gasteiger partial charge in [-0.25, -0.2) is 0 Å². The van der Waals surface area contributed by atoms with E-state index in [4.69, 9.17) is 0 Å². The number of amides is 1. The third-order valence-electron chi connectivity index (χ3n) is 6.12. The molecule has 1 amide bonds. The first kappa shape index (κ1) is 19.1. The molecule has 2 N–H and O–H groups in total. The molecule has 6 nitrogen and oxygen atoms in total. The number of carbonyl (C=O) groups excluding carboxylic acids is 1. The highest BCUT2D eigenvalue weighted by molar-refractivity contribution is 5.92. The van der Waals surface area contributed by atoms with E-state index in [1.807, 2.05) is 6.92 Å². The zero-order valence-corrected chi connectivity index (χ0v) is 16.8. The Morgan fingerprint density at radius 1 is 1.21 bits per heavy atom. The summed E-state index contributed by atoms with van der Waals surface area (Å²) in [5.41, 5.74) is 2.99. The van der Waals surface area contributed by atoms with Crippen LogP contribution in [0, 0.1) is 12.8 Å². The highest BCUT2D eigenvalue weighted by Gasteiger charge is 2.18. The Kier molecular flexibility index (Phi) is 6.05. The number of anilines is 1. The fraction of sp³-hybridized carbons (Fsp3) is 0.591. The zero-order valence-electron chi connectivity index (χ0n) is 16.8. The number of nitrogens with one attached hydrogen (secondary N) is 2. The van der Waals surface area contributed by atoms with Gasteiger partial charge in [0.05, 0.1) is 0 Å². The molecule has 2 aliphatic heterocycles. The fourth-order valence-corrected chi connectivity index (χ4v) is 4.31. The summed E-state index contributed by atoms with van der Waals surface area (Å²) in [6, 6.07) is 6.21. The standard InChI is InChI=1S/C22H31N5O/c1-16-6-8-18(22-26-25-20-5-3-2-4-14-27(20)22)15-19(16)24-21(28)9-7-17-10-12-23-13-11-17/h6,8,15,17,23H,2-5,7,9-14H2,1H3,(H,24,28). The van der Waals surface area contributed by atoms with Crippen LogP contribution in [0.3, 0.4) is 0 Å². The van der Waals surface area contributed by atoms with E-state index in [0.717, 1.165) is 60.9 Å². The van der Waals surface area contributed by atoms with Gasteiger partial charge in [-0.15, -0.1) is 10.2 Å². The lowest BCUT2D eigenvalue weighted by molar-refractivity contribution is -0.116. The fourth-order valence-electron chi connectivity index (χ4n) is 4.31. The van der Waals surface area contributed by atoms with Crippen LogP contribution >= 0.6 is 0 Å². The first-order chi connectivity index (χ1) is 13.7. The van der Waals surface area contributed by atoms with Crippen LogP contribution in [0.15, 0.2) is 18.2 Å². The number of nitrogens with zero attached hydrogens (tertiary/aromatic N) is 3. The summed E-state index contributed by atoms with van der Waals surface area (Å²) in [5, 5.41) is 15.4. The van der Waals surface area contributed by atoms with Gasteiger partial charge >= 0.3 is 0 Å². The average Bonchev–Trinajstić information content (AvgIpc) is 2.97. The van der Waals surface area contributed by atoms with Crippen molar-refractivity contribution in [3.63, 3.8) is 0 Å². The predicted octanol–water partition coefficient (Wildman–Crippen LogP) is 3.70. The van der Waals surface area contributed by atoms with Gasteiger partial charge in [0.2, 0.25) is 5.91 Å². The first-order valence-electron chi connectivity index (χ1n) is 10.7. The topological polar surface area (TPSA) is 71.8 Å². The van der Waals surface area contributed by atoms with Gasteiger partial charge in [0.1, 0.15) is 5.82 Å². The first-order valence-corrected chi connectivity index (χ1v) is 10.7. The van der Waals surface area contributed by atoms with Gasteiger partial charge in [0.25, 0.3) is 0 Å². The Morgan fingerprint density at radius 2 is 2.07 bits per heavy atom. The summed E-state index contributed by atoms with van der Waals surface area (Å²) in [6.45, 7) is 5.17. The van der Waals surface area contributed by atoms with Crippen LogP contribution in [-0.2, 0) is 17.8 Å². The molecule has 150 valence electrons. The Morgan fingerprint density at radius 3 is 2.93 bits per heavy atom. The molecule has 0 spiro atoms. The van der Waals surface area contributed by atoms with Crippen molar-refractivity contribution < 1.29 is 4.79 Å². The van der Waals surface area contributed by atoms with Crippen LogP contribution in [-0.4, -0.2) is 33.8 Å². The second-order valence-electron chi connectivity index (χ2n) is 8.21. The van der Waals surface area contributed by atoms with E-state index in [1.54, 1.807) is 0 Å². The number of hydrogen-bond acceptors (Lipinski definition) is 4. The van der Waals surface area contributed by atoms with Crippen LogP contribution in [0.25, 0.3) is 11.4 Å². The van der Waals surface area contributed by atoms with Gasteiger partial charge in [-0.3, -0.25) is 4.79 Å². The highest BCUT2D eigenvalue weighted by atomic mass is 16.1. The molecule has 0 bridgehead atoms. The van der Waals surface area contributed by atoms with Gasteiger partial charge in [0, 0.05) is 30.6 Å². The number of piperidine rings is 1. The van der Waals surface area contributed by atoms with Crippen molar-refractivity contribution in [1.82, 2.24) is 20.1 Å². The molecule has 2 aliphatic rings. The largest absolute Gasteiger partial charge is 0.326 e. The van der Waals surface area contributed by atoms with E-state index in [9.17, 15) is 4.79 Å². The SMILES string of the molecule is Cc1ccc(-c2nnc3n2CCCCC3)cc1NC(=O)CCC1CCNCC1. The third kappa shape index (κ3) is 4.43. The molecule has 0 radical (unpaired) electrons. The lowest BCUT2D eigenvalue weighted by Crippen LogP contribution is -2.28. The monoisotopic (exact) mass is 381 g/mol. The number of aromatic nitrogens is 3. The quantitative estimate of drug-likeness (QED) is 0.828. The second-order valence-corrected chi connectivity index (χ2v) is 8.21. The van der Waals surface area contributed by atoms with Gasteiger partial charge in [-0.05, 0) is 69.7 Å². The number of hydrogen-bond donors (Lipinski definition) is 2. The zero-order chi connectivity index (χ0) is 19.3. The van der Waals surface area contributed by atoms with Crippen LogP contribution < -0.4 is 10.6 Å². The van der Waals surface area contributed by atoms with E-state index in [0.29, 0.717) is 12.3 Å². The minimum absolute atomic E-state index is 0.110. The Hall–Kier alpha value is -2.21. The van der Waals surface area contributed by atoms with E-state index in [1.165, 1.54) is 32.1 Å². The molecule has 3 heterocycles. The third-order valence-corrected chi connectivity index (χ3v) is 6.12. The summed E-state index contributed by atoms with van der Waals surface area (Å²) >= 11 is 0. The summed E-state index contributed by atoms with van der Waals surface area (Å²) in [7, 11) is 0. The van der Waals surface area contributed by atoms with E-state index in [2.05, 4.69) is 43.6 Å². The van der Waals surface area contributed by atoms with E-state index < -0.39 is 0 Å². The molecular weight excluding hydrogens is 350 g/mol. The Balaban J connectivity index is 1.45. The number of benzene rings is 1. The number of rotatable bonds is 5. The summed E-state index contributed by atoms with van der Waals surface area (Å²) in [5.74, 6) is 2.78. The molecule has 0 aliphatic carbocycles. The normalized spacial score (nSPS) is 17.8. The Labute approximate surface area is 167 Å². The maximum Gasteiger partial charge on any atom is 0.224 e. The van der Waals surface area contributed by atoms with Crippen molar-refractivity contribution in [3.05, 3.63) is 29.6 Å². The van der Waals surface area contributed by atoms with Crippen molar-refractivity contribution in [3.8, 4) is 11.4 Å². The maximum atomic E-state index is 12.5. The van der Waals surface area contributed by atoms with Crippen molar-refractivity contribution in [2.75, 3.05) is 18.4 Å². The minimum Gasteiger partial charge on any atom is -0.326 e. The van der Waals surface area contributed by atoms with E-state index in [-0.39, 0.29) is 5.91 Å². The van der Waals surface area contributed by atoms with Crippen molar-refractivity contribution in [1.29, 1.82) is 0 Å². The average molecular weight is 382 g/mol. The molecule has 2 aromatic rings. The molecular formula is C22H31N5O. The smallest absolute Gasteiger partial charge is 0.224 e. The van der Waals surface area contributed by atoms with Crippen LogP contribution in [0.2, 0.25) is 0 Å². The summed E-state index contributed by atoms with van der Waals surface area (Å²) in [4.78, 5) is 12.5. The maximum absolute atomic E-state index is 12.5. The number of carbonyl (C=O) groups is 1. The predicted molar refractivity (Wildman–Crippen MR) is 111 cm³/mol. The molecule has 0 atom stereocenters. The second kappa shape index (κ2) is 8.86. The molecule has 0 unspecified atom stereocenters. The Bertz CT molecular complexity index is 822. The van der Waals surface area contributed by atoms with Crippen molar-refractivity contribution in [2.45, 2.75) is 64.8 Å². The van der Waals surface area contributed by atoms with Crippen LogP contribution in [0.4, 0.5) is 5.69 Å². The van der Waals surface area contributed by atoms with Gasteiger partial charge in [0.15, 0.2) is 5.82 Å². The lowest BCUT2D eigenvalue weighted by Gasteiger charge is -2.22. The molecule has 0 saturated carbocycles. The molecule has 1 aromatic heterocycles. The van der Waals surface area contributed by atoms with Crippen molar-refractivity contribution in [2.24, 2.45) is 5.92 Å².